The minimum atomic E-state index is 0.542. The second-order valence-electron chi connectivity index (χ2n) is 5.94. The van der Waals surface area contributed by atoms with Gasteiger partial charge < -0.3 is 0 Å². The molecule has 0 aromatic heterocycles. The summed E-state index contributed by atoms with van der Waals surface area (Å²) in [5.74, 6) is 0. The summed E-state index contributed by atoms with van der Waals surface area (Å²) in [6.07, 6.45) is 1.13. The van der Waals surface area contributed by atoms with Gasteiger partial charge in [-0.25, -0.2) is 0 Å². The largest absolute Gasteiger partial charge is 0.298 e. The minimum Gasteiger partial charge on any atom is -0.298 e. The fourth-order valence-corrected chi connectivity index (χ4v) is 2.92. The van der Waals surface area contributed by atoms with Crippen molar-refractivity contribution in [1.82, 2.24) is 9.80 Å². The third kappa shape index (κ3) is 5.12. The zero-order chi connectivity index (χ0) is 15.8. The summed E-state index contributed by atoms with van der Waals surface area (Å²) in [7, 11) is 0. The molecule has 1 aliphatic rings. The van der Waals surface area contributed by atoms with Crippen LogP contribution in [0, 0.1) is 0 Å². The van der Waals surface area contributed by atoms with Crippen molar-refractivity contribution in [3.05, 3.63) is 35.4 Å². The fourth-order valence-electron chi connectivity index (χ4n) is 2.92. The van der Waals surface area contributed by atoms with Gasteiger partial charge in [0.25, 0.3) is 0 Å². The van der Waals surface area contributed by atoms with Crippen molar-refractivity contribution < 1.29 is 0 Å². The van der Waals surface area contributed by atoms with Crippen LogP contribution < -0.4 is 0 Å². The van der Waals surface area contributed by atoms with Crippen LogP contribution in [0.15, 0.2) is 24.3 Å². The molecule has 2 nitrogen and oxygen atoms in total. The van der Waals surface area contributed by atoms with Crippen molar-refractivity contribution in [3.8, 4) is 0 Å². The lowest BCUT2D eigenvalue weighted by atomic mass is 10.0. The number of aryl methyl sites for hydroxylation is 1. The number of nitrogens with zero attached hydrogens (tertiary/aromatic N) is 2. The number of benzene rings is 1. The second kappa shape index (κ2) is 9.22. The molecule has 1 aromatic carbocycles. The zero-order valence-corrected chi connectivity index (χ0v) is 14.9. The molecular weight excluding hydrogens is 256 g/mol. The molecule has 1 fully saturated rings. The summed E-state index contributed by atoms with van der Waals surface area (Å²) in [5.41, 5.74) is 2.92. The lowest BCUT2D eigenvalue weighted by Gasteiger charge is -2.40. The topological polar surface area (TPSA) is 6.48 Å². The van der Waals surface area contributed by atoms with Crippen molar-refractivity contribution in [3.63, 3.8) is 0 Å². The highest BCUT2D eigenvalue weighted by Gasteiger charge is 2.23. The van der Waals surface area contributed by atoms with E-state index < -0.39 is 0 Å². The highest BCUT2D eigenvalue weighted by atomic mass is 15.3. The highest BCUT2D eigenvalue weighted by molar-refractivity contribution is 5.25. The van der Waals surface area contributed by atoms with Crippen LogP contribution in [0.4, 0.5) is 0 Å². The van der Waals surface area contributed by atoms with Crippen molar-refractivity contribution in [2.24, 2.45) is 0 Å². The summed E-state index contributed by atoms with van der Waals surface area (Å²) in [6.45, 7) is 18.0. The predicted octanol–water partition coefficient (Wildman–Crippen LogP) is 4.36. The van der Waals surface area contributed by atoms with Gasteiger partial charge >= 0.3 is 0 Å². The Bertz CT molecular complexity index is 392. The average Bonchev–Trinajstić information content (AvgIpc) is 2.56. The Labute approximate surface area is 132 Å². The van der Waals surface area contributed by atoms with E-state index in [-0.39, 0.29) is 0 Å². The number of hydrogen-bond donors (Lipinski definition) is 0. The van der Waals surface area contributed by atoms with Crippen LogP contribution >= 0.6 is 0 Å². The van der Waals surface area contributed by atoms with Gasteiger partial charge in [0, 0.05) is 38.3 Å². The Hall–Kier alpha value is -0.860. The quantitative estimate of drug-likeness (QED) is 0.813. The van der Waals surface area contributed by atoms with Crippen molar-refractivity contribution >= 4 is 0 Å². The van der Waals surface area contributed by atoms with Gasteiger partial charge in [-0.05, 0) is 38.3 Å². The van der Waals surface area contributed by atoms with Gasteiger partial charge in [-0.15, -0.1) is 0 Å². The number of rotatable bonds is 4. The molecule has 0 spiro atoms. The molecular formula is C19H34N2. The van der Waals surface area contributed by atoms with Gasteiger partial charge in [-0.3, -0.25) is 9.80 Å². The molecule has 1 aliphatic heterocycles. The van der Waals surface area contributed by atoms with Gasteiger partial charge in [0.1, 0.15) is 0 Å². The molecule has 0 radical (unpaired) electrons. The van der Waals surface area contributed by atoms with E-state index in [1.807, 2.05) is 13.8 Å². The van der Waals surface area contributed by atoms with E-state index in [1.165, 1.54) is 37.3 Å². The van der Waals surface area contributed by atoms with Crippen molar-refractivity contribution in [2.45, 2.75) is 60.0 Å². The smallest absolute Gasteiger partial charge is 0.0321 e. The molecule has 1 saturated heterocycles. The highest BCUT2D eigenvalue weighted by Crippen LogP contribution is 2.23. The van der Waals surface area contributed by atoms with Crippen LogP contribution in [0.5, 0.6) is 0 Å². The molecule has 120 valence electrons. The minimum absolute atomic E-state index is 0.542. The normalized spacial score (nSPS) is 18.2. The zero-order valence-electron chi connectivity index (χ0n) is 14.9. The molecule has 21 heavy (non-hydrogen) atoms. The van der Waals surface area contributed by atoms with E-state index in [0.29, 0.717) is 12.1 Å². The fraction of sp³-hybridized carbons (Fsp3) is 0.684. The third-order valence-electron chi connectivity index (χ3n) is 4.47. The van der Waals surface area contributed by atoms with Crippen LogP contribution in [0.2, 0.25) is 0 Å². The monoisotopic (exact) mass is 290 g/mol. The van der Waals surface area contributed by atoms with E-state index in [4.69, 9.17) is 0 Å². The van der Waals surface area contributed by atoms with E-state index in [1.54, 1.807) is 0 Å². The number of hydrogen-bond acceptors (Lipinski definition) is 2. The summed E-state index contributed by atoms with van der Waals surface area (Å²) < 4.78 is 0. The van der Waals surface area contributed by atoms with Crippen LogP contribution in [-0.4, -0.2) is 42.0 Å². The van der Waals surface area contributed by atoms with Crippen LogP contribution in [0.3, 0.4) is 0 Å². The Morgan fingerprint density at radius 3 is 2.05 bits per heavy atom. The Morgan fingerprint density at radius 2 is 1.52 bits per heavy atom. The molecule has 0 bridgehead atoms. The molecule has 1 atom stereocenters. The summed E-state index contributed by atoms with van der Waals surface area (Å²) in [6, 6.07) is 10.3. The first-order valence-electron chi connectivity index (χ1n) is 8.68. The first-order valence-corrected chi connectivity index (χ1v) is 8.68. The predicted molar refractivity (Wildman–Crippen MR) is 93.9 cm³/mol. The Kier molecular flexibility index (Phi) is 7.98. The first-order chi connectivity index (χ1) is 10.1. The lowest BCUT2D eigenvalue weighted by molar-refractivity contribution is 0.0833. The number of piperazine rings is 1. The third-order valence-corrected chi connectivity index (χ3v) is 4.47. The molecule has 0 amide bonds. The van der Waals surface area contributed by atoms with Crippen LogP contribution in [0.1, 0.15) is 58.7 Å². The average molecular weight is 290 g/mol. The maximum atomic E-state index is 2.62. The van der Waals surface area contributed by atoms with E-state index in [9.17, 15) is 0 Å². The Morgan fingerprint density at radius 1 is 0.952 bits per heavy atom. The molecule has 1 aromatic rings. The second-order valence-corrected chi connectivity index (χ2v) is 5.94. The van der Waals surface area contributed by atoms with Gasteiger partial charge in [0.15, 0.2) is 0 Å². The van der Waals surface area contributed by atoms with Crippen LogP contribution in [0.25, 0.3) is 0 Å². The van der Waals surface area contributed by atoms with Gasteiger partial charge in [-0.1, -0.05) is 45.0 Å². The van der Waals surface area contributed by atoms with Gasteiger partial charge in [0.05, 0.1) is 0 Å². The summed E-state index contributed by atoms with van der Waals surface area (Å²) in [4.78, 5) is 5.19. The molecule has 0 N–H and O–H groups in total. The van der Waals surface area contributed by atoms with Crippen LogP contribution in [-0.2, 0) is 6.42 Å². The van der Waals surface area contributed by atoms with Crippen molar-refractivity contribution in [1.29, 1.82) is 0 Å². The lowest BCUT2D eigenvalue weighted by Crippen LogP contribution is -2.49. The van der Waals surface area contributed by atoms with E-state index in [2.05, 4.69) is 61.8 Å². The maximum Gasteiger partial charge on any atom is 0.0321 e. The summed E-state index contributed by atoms with van der Waals surface area (Å²) >= 11 is 0. The van der Waals surface area contributed by atoms with Gasteiger partial charge in [0.2, 0.25) is 0 Å². The maximum absolute atomic E-state index is 2.62. The van der Waals surface area contributed by atoms with Crippen molar-refractivity contribution in [2.75, 3.05) is 26.2 Å². The molecule has 2 heteroatoms. The van der Waals surface area contributed by atoms with E-state index in [0.717, 1.165) is 6.42 Å². The van der Waals surface area contributed by atoms with Gasteiger partial charge in [-0.2, -0.15) is 0 Å². The molecule has 0 saturated carbocycles. The first kappa shape index (κ1) is 18.2. The molecule has 0 aliphatic carbocycles. The molecule has 2 rings (SSSR count). The standard InChI is InChI=1S/C17H28N2.C2H6/c1-5-16-7-6-8-17(13-16)15(4)19-11-9-18(10-12-19)14(2)3;1-2/h6-8,13-15H,5,9-12H2,1-4H3;1-2H3/t15-;/m1./s1. The van der Waals surface area contributed by atoms with E-state index >= 15 is 0 Å². The Balaban J connectivity index is 0.00000106. The SMILES string of the molecule is CC.CCc1cccc([C@@H](C)N2CCN(C(C)C)CC2)c1. The summed E-state index contributed by atoms with van der Waals surface area (Å²) in [5, 5.41) is 0. The molecule has 1 heterocycles. The molecule has 0 unspecified atom stereocenters.